The predicted molar refractivity (Wildman–Crippen MR) is 35.6 cm³/mol. The molecule has 58 valence electrons. The maximum Gasteiger partial charge on any atom is 0.339 e. The summed E-state index contributed by atoms with van der Waals surface area (Å²) in [5, 5.41) is 8.41. The van der Waals surface area contributed by atoms with Gasteiger partial charge >= 0.3 is 5.97 Å². The molecule has 1 heterocycles. The summed E-state index contributed by atoms with van der Waals surface area (Å²) < 4.78 is 12.2. The first-order valence-corrected chi connectivity index (χ1v) is 2.75. The first kappa shape index (κ1) is 7.46. The molecule has 1 aromatic heterocycles. The minimum Gasteiger partial charge on any atom is -0.478 e. The summed E-state index contributed by atoms with van der Waals surface area (Å²) >= 11 is 0. The fourth-order valence-electron chi connectivity index (χ4n) is 0.623. The van der Waals surface area contributed by atoms with Crippen molar-refractivity contribution >= 4 is 11.7 Å². The van der Waals surface area contributed by atoms with Gasteiger partial charge in [-0.2, -0.15) is 4.39 Å². The summed E-state index contributed by atoms with van der Waals surface area (Å²) in [6.45, 7) is 0. The van der Waals surface area contributed by atoms with Crippen LogP contribution in [0.1, 0.15) is 10.4 Å². The molecule has 1 aromatic rings. The summed E-state index contributed by atoms with van der Waals surface area (Å²) in [6.07, 6.45) is 0.882. The van der Waals surface area contributed by atoms with Crippen LogP contribution in [0.2, 0.25) is 0 Å². The largest absolute Gasteiger partial charge is 0.478 e. The number of aromatic nitrogens is 1. The molecule has 0 aliphatic rings. The van der Waals surface area contributed by atoms with Gasteiger partial charge in [0.25, 0.3) is 0 Å². The first-order chi connectivity index (χ1) is 5.11. The van der Waals surface area contributed by atoms with Crippen molar-refractivity contribution in [2.24, 2.45) is 0 Å². The zero-order valence-corrected chi connectivity index (χ0v) is 5.41. The van der Waals surface area contributed by atoms with Gasteiger partial charge in [-0.3, -0.25) is 0 Å². The van der Waals surface area contributed by atoms with Gasteiger partial charge in [0.15, 0.2) is 0 Å². The number of hydrogen-bond donors (Lipinski definition) is 2. The zero-order valence-electron chi connectivity index (χ0n) is 5.41. The Kier molecular flexibility index (Phi) is 1.72. The number of hydrogen-bond acceptors (Lipinski definition) is 3. The number of anilines is 1. The number of rotatable bonds is 1. The molecule has 4 nitrogen and oxygen atoms in total. The fourth-order valence-corrected chi connectivity index (χ4v) is 0.623. The smallest absolute Gasteiger partial charge is 0.339 e. The van der Waals surface area contributed by atoms with E-state index in [-0.39, 0.29) is 11.3 Å². The number of aromatic carboxylic acids is 1. The quantitative estimate of drug-likeness (QED) is 0.580. The van der Waals surface area contributed by atoms with E-state index in [4.69, 9.17) is 10.8 Å². The number of carbonyl (C=O) groups is 1. The number of nitrogen functional groups attached to an aromatic ring is 1. The van der Waals surface area contributed by atoms with Gasteiger partial charge in [-0.05, 0) is 0 Å². The Morgan fingerprint density at radius 1 is 1.73 bits per heavy atom. The van der Waals surface area contributed by atoms with E-state index in [1.807, 2.05) is 0 Å². The Bertz CT molecular complexity index is 301. The maximum atomic E-state index is 12.2. The molecule has 0 unspecified atom stereocenters. The summed E-state index contributed by atoms with van der Waals surface area (Å²) in [6, 6.07) is 0.865. The van der Waals surface area contributed by atoms with Gasteiger partial charge in [0.05, 0.1) is 5.69 Å². The molecule has 0 aromatic carbocycles. The van der Waals surface area contributed by atoms with Crippen LogP contribution in [0.5, 0.6) is 0 Å². The highest BCUT2D eigenvalue weighted by atomic mass is 19.1. The second-order valence-electron chi connectivity index (χ2n) is 1.90. The lowest BCUT2D eigenvalue weighted by molar-refractivity contribution is 0.0697. The highest BCUT2D eigenvalue weighted by Crippen LogP contribution is 2.09. The van der Waals surface area contributed by atoms with E-state index >= 15 is 0 Å². The van der Waals surface area contributed by atoms with E-state index in [1.165, 1.54) is 0 Å². The number of halogens is 1. The second-order valence-corrected chi connectivity index (χ2v) is 1.90. The summed E-state index contributed by atoms with van der Waals surface area (Å²) in [7, 11) is 0. The van der Waals surface area contributed by atoms with Crippen LogP contribution in [0.4, 0.5) is 10.1 Å². The molecule has 0 atom stereocenters. The van der Waals surface area contributed by atoms with Gasteiger partial charge in [0.1, 0.15) is 5.56 Å². The van der Waals surface area contributed by atoms with E-state index < -0.39 is 11.9 Å². The fraction of sp³-hybridized carbons (Fsp3) is 0. The van der Waals surface area contributed by atoms with Crippen molar-refractivity contribution in [1.82, 2.24) is 4.98 Å². The van der Waals surface area contributed by atoms with Crippen LogP contribution in [0.3, 0.4) is 0 Å². The number of carboxylic acid groups (broad SMARTS) is 1. The molecule has 0 fully saturated rings. The average molecular weight is 156 g/mol. The molecule has 0 saturated heterocycles. The molecule has 0 bridgehead atoms. The minimum absolute atomic E-state index is 0.120. The summed E-state index contributed by atoms with van der Waals surface area (Å²) in [5.74, 6) is -2.00. The molecular weight excluding hydrogens is 151 g/mol. The van der Waals surface area contributed by atoms with Gasteiger partial charge in [-0.15, -0.1) is 0 Å². The van der Waals surface area contributed by atoms with E-state index in [1.54, 1.807) is 0 Å². The Balaban J connectivity index is 3.20. The zero-order chi connectivity index (χ0) is 8.43. The second kappa shape index (κ2) is 2.53. The number of pyridine rings is 1. The predicted octanol–water partition coefficient (Wildman–Crippen LogP) is 0.501. The SMILES string of the molecule is Nc1cc(F)ncc1C(=O)O. The molecule has 0 amide bonds. The Morgan fingerprint density at radius 2 is 2.36 bits per heavy atom. The third kappa shape index (κ3) is 1.43. The molecule has 5 heteroatoms. The van der Waals surface area contributed by atoms with Crippen molar-refractivity contribution in [1.29, 1.82) is 0 Å². The van der Waals surface area contributed by atoms with Crippen molar-refractivity contribution in [3.05, 3.63) is 23.8 Å². The third-order valence-corrected chi connectivity index (χ3v) is 1.13. The van der Waals surface area contributed by atoms with Crippen LogP contribution >= 0.6 is 0 Å². The van der Waals surface area contributed by atoms with Crippen LogP contribution in [0.25, 0.3) is 0 Å². The summed E-state index contributed by atoms with van der Waals surface area (Å²) in [5.41, 5.74) is 4.85. The molecule has 0 spiro atoms. The van der Waals surface area contributed by atoms with Gasteiger partial charge < -0.3 is 10.8 Å². The average Bonchev–Trinajstić information content (AvgIpc) is 1.85. The highest BCUT2D eigenvalue weighted by molar-refractivity contribution is 5.92. The third-order valence-electron chi connectivity index (χ3n) is 1.13. The van der Waals surface area contributed by atoms with Gasteiger partial charge in [0.2, 0.25) is 5.95 Å². The van der Waals surface area contributed by atoms with E-state index in [0.717, 1.165) is 12.3 Å². The van der Waals surface area contributed by atoms with Crippen LogP contribution in [-0.4, -0.2) is 16.1 Å². The van der Waals surface area contributed by atoms with Crippen molar-refractivity contribution < 1.29 is 14.3 Å². The highest BCUT2D eigenvalue weighted by Gasteiger charge is 2.08. The molecule has 0 radical (unpaired) electrons. The van der Waals surface area contributed by atoms with Gasteiger partial charge in [0, 0.05) is 12.3 Å². The van der Waals surface area contributed by atoms with Crippen molar-refractivity contribution in [3.8, 4) is 0 Å². The molecule has 1 rings (SSSR count). The van der Waals surface area contributed by atoms with Gasteiger partial charge in [-0.1, -0.05) is 0 Å². The Labute approximate surface area is 61.5 Å². The normalized spacial score (nSPS) is 9.55. The minimum atomic E-state index is -1.21. The van der Waals surface area contributed by atoms with E-state index in [9.17, 15) is 9.18 Å². The first-order valence-electron chi connectivity index (χ1n) is 2.75. The number of carboxylic acids is 1. The number of nitrogens with two attached hydrogens (primary N) is 1. The molecule has 0 aliphatic heterocycles. The van der Waals surface area contributed by atoms with Gasteiger partial charge in [-0.25, -0.2) is 9.78 Å². The monoisotopic (exact) mass is 156 g/mol. The van der Waals surface area contributed by atoms with Crippen molar-refractivity contribution in [2.45, 2.75) is 0 Å². The topological polar surface area (TPSA) is 76.2 Å². The van der Waals surface area contributed by atoms with Crippen molar-refractivity contribution in [3.63, 3.8) is 0 Å². The van der Waals surface area contributed by atoms with E-state index in [0.29, 0.717) is 0 Å². The maximum absolute atomic E-state index is 12.2. The van der Waals surface area contributed by atoms with Crippen LogP contribution in [0.15, 0.2) is 12.3 Å². The lowest BCUT2D eigenvalue weighted by Crippen LogP contribution is -2.03. The number of nitrogens with zero attached hydrogens (tertiary/aromatic N) is 1. The molecule has 0 aliphatic carbocycles. The van der Waals surface area contributed by atoms with Crippen LogP contribution < -0.4 is 5.73 Å². The van der Waals surface area contributed by atoms with Crippen LogP contribution in [0, 0.1) is 5.95 Å². The van der Waals surface area contributed by atoms with Crippen LogP contribution in [-0.2, 0) is 0 Å². The lowest BCUT2D eigenvalue weighted by atomic mass is 10.2. The summed E-state index contributed by atoms with van der Waals surface area (Å²) in [4.78, 5) is 13.4. The van der Waals surface area contributed by atoms with E-state index in [2.05, 4.69) is 4.98 Å². The lowest BCUT2D eigenvalue weighted by Gasteiger charge is -1.97. The molecule has 11 heavy (non-hydrogen) atoms. The molecule has 0 saturated carbocycles. The Hall–Kier alpha value is -1.65. The molecular formula is C6H5FN2O2. The van der Waals surface area contributed by atoms with Crippen molar-refractivity contribution in [2.75, 3.05) is 5.73 Å². The Morgan fingerprint density at radius 3 is 2.82 bits per heavy atom. The molecule has 3 N–H and O–H groups in total. The standard InChI is InChI=1S/C6H5FN2O2/c7-5-1-4(8)3(2-9-5)6(10)11/h1-2H,(H2,8,9)(H,10,11).